The molecule has 27 heavy (non-hydrogen) atoms. The number of pyridine rings is 1. The summed E-state index contributed by atoms with van der Waals surface area (Å²) in [5.74, 6) is 0.282. The molecule has 2 fully saturated rings. The Balaban J connectivity index is 1.45. The predicted octanol–water partition coefficient (Wildman–Crippen LogP) is 3.85. The van der Waals surface area contributed by atoms with E-state index in [2.05, 4.69) is 37.2 Å². The molecule has 140 valence electrons. The van der Waals surface area contributed by atoms with Gasteiger partial charge in [0.25, 0.3) is 0 Å². The van der Waals surface area contributed by atoms with Gasteiger partial charge in [-0.2, -0.15) is 0 Å². The van der Waals surface area contributed by atoms with Crippen LogP contribution >= 0.6 is 11.6 Å². The highest BCUT2D eigenvalue weighted by Gasteiger charge is 2.38. The lowest BCUT2D eigenvalue weighted by atomic mass is 9.98. The number of aromatic amines is 1. The van der Waals surface area contributed by atoms with Crippen molar-refractivity contribution in [2.75, 3.05) is 12.4 Å². The minimum atomic E-state index is -0.430. The van der Waals surface area contributed by atoms with Crippen LogP contribution in [-0.2, 0) is 0 Å². The lowest BCUT2D eigenvalue weighted by Crippen LogP contribution is -2.44. The Labute approximate surface area is 161 Å². The number of hydrogen-bond acceptors (Lipinski definition) is 5. The summed E-state index contributed by atoms with van der Waals surface area (Å²) in [6.07, 6.45) is 9.06. The average molecular weight is 387 g/mol. The molecular weight excluding hydrogens is 367 g/mol. The van der Waals surface area contributed by atoms with Crippen molar-refractivity contribution in [2.45, 2.75) is 43.8 Å². The van der Waals surface area contributed by atoms with Gasteiger partial charge in [-0.15, -0.1) is 0 Å². The Morgan fingerprint density at radius 1 is 1.22 bits per heavy atom. The van der Waals surface area contributed by atoms with Crippen LogP contribution < -0.4 is 5.32 Å². The number of halogens is 2. The van der Waals surface area contributed by atoms with Gasteiger partial charge in [-0.3, -0.25) is 0 Å². The quantitative estimate of drug-likeness (QED) is 0.715. The molecule has 2 aliphatic rings. The van der Waals surface area contributed by atoms with Gasteiger partial charge in [0, 0.05) is 41.5 Å². The van der Waals surface area contributed by atoms with Crippen LogP contribution in [0.5, 0.6) is 0 Å². The normalized spacial score (nSPS) is 25.2. The van der Waals surface area contributed by atoms with Gasteiger partial charge >= 0.3 is 0 Å². The van der Waals surface area contributed by atoms with E-state index in [0.29, 0.717) is 28.6 Å². The lowest BCUT2D eigenvalue weighted by Gasteiger charge is -2.36. The molecule has 0 amide bonds. The van der Waals surface area contributed by atoms with Crippen molar-refractivity contribution in [1.29, 1.82) is 0 Å². The Morgan fingerprint density at radius 3 is 2.78 bits per heavy atom. The summed E-state index contributed by atoms with van der Waals surface area (Å²) in [6.45, 7) is 0. The molecule has 3 aromatic heterocycles. The summed E-state index contributed by atoms with van der Waals surface area (Å²) in [7, 11) is 2.19. The highest BCUT2D eigenvalue weighted by Crippen LogP contribution is 2.36. The minimum Gasteiger partial charge on any atom is -0.365 e. The average Bonchev–Trinajstić information content (AvgIpc) is 3.13. The number of aromatic nitrogens is 4. The number of nitrogens with zero attached hydrogens (tertiary/aromatic N) is 4. The van der Waals surface area contributed by atoms with Crippen LogP contribution in [0.15, 0.2) is 24.7 Å². The second kappa shape index (κ2) is 6.42. The molecule has 2 bridgehead atoms. The fourth-order valence-corrected chi connectivity index (χ4v) is 4.64. The molecule has 6 nitrogen and oxygen atoms in total. The maximum Gasteiger partial charge on any atom is 0.183 e. The van der Waals surface area contributed by atoms with Gasteiger partial charge in [0.05, 0.1) is 11.2 Å². The molecule has 2 unspecified atom stereocenters. The molecule has 2 aliphatic heterocycles. The van der Waals surface area contributed by atoms with E-state index in [1.54, 1.807) is 12.4 Å². The fraction of sp³-hybridized carbons (Fsp3) is 0.421. The molecule has 3 aromatic rings. The Morgan fingerprint density at radius 2 is 2.00 bits per heavy atom. The smallest absolute Gasteiger partial charge is 0.183 e. The van der Waals surface area contributed by atoms with Crippen LogP contribution in [0.25, 0.3) is 22.4 Å². The van der Waals surface area contributed by atoms with Gasteiger partial charge in [-0.05, 0) is 38.8 Å². The first-order valence-corrected chi connectivity index (χ1v) is 9.60. The molecule has 2 N–H and O–H groups in total. The van der Waals surface area contributed by atoms with Crippen LogP contribution in [0.3, 0.4) is 0 Å². The van der Waals surface area contributed by atoms with E-state index in [0.717, 1.165) is 23.8 Å². The summed E-state index contributed by atoms with van der Waals surface area (Å²) < 4.78 is 14.4. The lowest BCUT2D eigenvalue weighted by molar-refractivity contribution is 0.168. The summed E-state index contributed by atoms with van der Waals surface area (Å²) in [4.78, 5) is 18.5. The molecular formula is C19H20ClFN6. The zero-order valence-electron chi connectivity index (χ0n) is 14.9. The van der Waals surface area contributed by atoms with Crippen LogP contribution in [0.2, 0.25) is 5.02 Å². The largest absolute Gasteiger partial charge is 0.365 e. The number of hydrogen-bond donors (Lipinski definition) is 2. The van der Waals surface area contributed by atoms with Gasteiger partial charge in [0.1, 0.15) is 5.65 Å². The molecule has 0 aromatic carbocycles. The van der Waals surface area contributed by atoms with Crippen LogP contribution in [0, 0.1) is 5.82 Å². The second-order valence-corrected chi connectivity index (χ2v) is 7.94. The Bertz CT molecular complexity index is 991. The number of anilines is 1. The Kier molecular flexibility index (Phi) is 4.02. The van der Waals surface area contributed by atoms with Crippen molar-refractivity contribution in [2.24, 2.45) is 0 Å². The Hall–Kier alpha value is -2.25. The van der Waals surface area contributed by atoms with E-state index in [9.17, 15) is 4.39 Å². The summed E-state index contributed by atoms with van der Waals surface area (Å²) in [5.41, 5.74) is 1.45. The first kappa shape index (κ1) is 16.9. The van der Waals surface area contributed by atoms with Crippen LogP contribution in [0.4, 0.5) is 10.2 Å². The molecule has 5 rings (SSSR count). The number of H-pyrrole nitrogens is 1. The third kappa shape index (κ3) is 2.95. The van der Waals surface area contributed by atoms with Crippen molar-refractivity contribution in [3.8, 4) is 11.4 Å². The van der Waals surface area contributed by atoms with Gasteiger partial charge in [-0.25, -0.2) is 19.3 Å². The molecule has 0 saturated carbocycles. The van der Waals surface area contributed by atoms with Crippen molar-refractivity contribution in [1.82, 2.24) is 24.8 Å². The van der Waals surface area contributed by atoms with Crippen molar-refractivity contribution < 1.29 is 4.39 Å². The predicted molar refractivity (Wildman–Crippen MR) is 103 cm³/mol. The van der Waals surface area contributed by atoms with Crippen molar-refractivity contribution >= 4 is 28.5 Å². The molecule has 8 heteroatoms. The summed E-state index contributed by atoms with van der Waals surface area (Å²) in [5, 5.41) is 4.68. The van der Waals surface area contributed by atoms with E-state index in [4.69, 9.17) is 11.6 Å². The standard InChI is InChI=1S/C19H20ClFN6/c1-27-12-2-3-13(27)6-11(5-12)25-19-16(21)9-24-18(26-19)15-8-23-17-14(15)4-10(20)7-22-17/h4,7-9,11-13H,2-3,5-6H2,1H3,(H,22,23)(H,24,25,26). The van der Waals surface area contributed by atoms with Crippen LogP contribution in [0.1, 0.15) is 25.7 Å². The molecule has 2 saturated heterocycles. The first-order chi connectivity index (χ1) is 13.1. The number of fused-ring (bicyclic) bond motifs is 3. The van der Waals surface area contributed by atoms with Crippen molar-refractivity contribution in [3.63, 3.8) is 0 Å². The maximum absolute atomic E-state index is 14.4. The highest BCUT2D eigenvalue weighted by molar-refractivity contribution is 6.31. The molecule has 0 spiro atoms. The minimum absolute atomic E-state index is 0.232. The molecule has 0 aliphatic carbocycles. The number of nitrogens with one attached hydrogen (secondary N) is 2. The second-order valence-electron chi connectivity index (χ2n) is 7.51. The van der Waals surface area contributed by atoms with E-state index >= 15 is 0 Å². The van der Waals surface area contributed by atoms with Gasteiger partial charge < -0.3 is 15.2 Å². The molecule has 5 heterocycles. The van der Waals surface area contributed by atoms with E-state index in [1.165, 1.54) is 19.0 Å². The third-order valence-electron chi connectivity index (χ3n) is 5.92. The van der Waals surface area contributed by atoms with Gasteiger partial charge in [0.2, 0.25) is 0 Å². The third-order valence-corrected chi connectivity index (χ3v) is 6.13. The van der Waals surface area contributed by atoms with Crippen molar-refractivity contribution in [3.05, 3.63) is 35.5 Å². The SMILES string of the molecule is CN1C2CCC1CC(Nc1nc(-c3c[nH]c4ncc(Cl)cc34)ncc1F)C2. The van der Waals surface area contributed by atoms with Crippen LogP contribution in [-0.4, -0.2) is 50.0 Å². The van der Waals surface area contributed by atoms with Gasteiger partial charge in [0.15, 0.2) is 17.5 Å². The maximum atomic E-state index is 14.4. The zero-order chi connectivity index (χ0) is 18.5. The topological polar surface area (TPSA) is 69.7 Å². The van der Waals surface area contributed by atoms with E-state index in [-0.39, 0.29) is 11.9 Å². The van der Waals surface area contributed by atoms with E-state index < -0.39 is 5.82 Å². The molecule has 2 atom stereocenters. The molecule has 0 radical (unpaired) electrons. The first-order valence-electron chi connectivity index (χ1n) is 9.22. The number of rotatable bonds is 3. The van der Waals surface area contributed by atoms with Gasteiger partial charge in [-0.1, -0.05) is 11.6 Å². The van der Waals surface area contributed by atoms with E-state index in [1.807, 2.05) is 6.07 Å². The summed E-state index contributed by atoms with van der Waals surface area (Å²) in [6, 6.07) is 3.19. The monoisotopic (exact) mass is 386 g/mol. The highest BCUT2D eigenvalue weighted by atomic mass is 35.5. The zero-order valence-corrected chi connectivity index (χ0v) is 15.7. The number of piperidine rings is 1. The fourth-order valence-electron chi connectivity index (χ4n) is 4.48. The summed E-state index contributed by atoms with van der Waals surface area (Å²) >= 11 is 6.07.